The standard InChI is InChI=1S/C18H27FN2O2/c1-4-5-6-7-8-13-20-17(23)18(2,3)21-16(22)14-9-11-15(19)12-10-14/h9-12H,4-8,13H2,1-3H3,(H,20,23)(H,21,22). The quantitative estimate of drug-likeness (QED) is 0.684. The van der Waals surface area contributed by atoms with E-state index < -0.39 is 17.3 Å². The van der Waals surface area contributed by atoms with Crippen molar-refractivity contribution in [2.75, 3.05) is 6.54 Å². The van der Waals surface area contributed by atoms with Gasteiger partial charge in [-0.25, -0.2) is 4.39 Å². The second-order valence-electron chi connectivity index (χ2n) is 6.26. The maximum Gasteiger partial charge on any atom is 0.252 e. The molecule has 0 unspecified atom stereocenters. The van der Waals surface area contributed by atoms with Crippen molar-refractivity contribution < 1.29 is 14.0 Å². The number of nitrogens with one attached hydrogen (secondary N) is 2. The Bertz CT molecular complexity index is 512. The average Bonchev–Trinajstić information content (AvgIpc) is 2.50. The van der Waals surface area contributed by atoms with Gasteiger partial charge in [-0.05, 0) is 44.5 Å². The SMILES string of the molecule is CCCCCCCNC(=O)C(C)(C)NC(=O)c1ccc(F)cc1. The molecule has 0 saturated carbocycles. The first-order valence-corrected chi connectivity index (χ1v) is 8.23. The van der Waals surface area contributed by atoms with Gasteiger partial charge in [0, 0.05) is 12.1 Å². The molecule has 0 heterocycles. The molecule has 128 valence electrons. The second kappa shape index (κ2) is 9.28. The summed E-state index contributed by atoms with van der Waals surface area (Å²) in [6.45, 7) is 6.08. The highest BCUT2D eigenvalue weighted by Gasteiger charge is 2.29. The molecule has 5 heteroatoms. The number of benzene rings is 1. The number of halogens is 1. The lowest BCUT2D eigenvalue weighted by molar-refractivity contribution is -0.126. The first kappa shape index (κ1) is 19.1. The van der Waals surface area contributed by atoms with Crippen LogP contribution in [0, 0.1) is 5.82 Å². The summed E-state index contributed by atoms with van der Waals surface area (Å²) >= 11 is 0. The van der Waals surface area contributed by atoms with Gasteiger partial charge < -0.3 is 10.6 Å². The van der Waals surface area contributed by atoms with E-state index in [-0.39, 0.29) is 5.91 Å². The Kier molecular flexibility index (Phi) is 7.72. The minimum Gasteiger partial charge on any atom is -0.354 e. The van der Waals surface area contributed by atoms with Gasteiger partial charge in [0.2, 0.25) is 5.91 Å². The Morgan fingerprint density at radius 3 is 2.26 bits per heavy atom. The van der Waals surface area contributed by atoms with Crippen molar-refractivity contribution in [2.24, 2.45) is 0 Å². The first-order valence-electron chi connectivity index (χ1n) is 8.23. The van der Waals surface area contributed by atoms with Crippen molar-refractivity contribution in [1.29, 1.82) is 0 Å². The predicted molar refractivity (Wildman–Crippen MR) is 89.7 cm³/mol. The summed E-state index contributed by atoms with van der Waals surface area (Å²) in [5.74, 6) is -1.02. The minimum absolute atomic E-state index is 0.219. The van der Waals surface area contributed by atoms with E-state index in [2.05, 4.69) is 17.6 Å². The van der Waals surface area contributed by atoms with Crippen molar-refractivity contribution in [3.05, 3.63) is 35.6 Å². The molecule has 4 nitrogen and oxygen atoms in total. The van der Waals surface area contributed by atoms with Crippen LogP contribution in [-0.2, 0) is 4.79 Å². The van der Waals surface area contributed by atoms with Crippen molar-refractivity contribution in [1.82, 2.24) is 10.6 Å². The molecule has 0 fully saturated rings. The Morgan fingerprint density at radius 1 is 1.04 bits per heavy atom. The molecule has 0 spiro atoms. The summed E-state index contributed by atoms with van der Waals surface area (Å²) in [5.41, 5.74) is -0.693. The van der Waals surface area contributed by atoms with E-state index >= 15 is 0 Å². The van der Waals surface area contributed by atoms with Crippen LogP contribution < -0.4 is 10.6 Å². The zero-order chi connectivity index (χ0) is 17.3. The molecule has 0 aromatic heterocycles. The number of carbonyl (C=O) groups excluding carboxylic acids is 2. The van der Waals surface area contributed by atoms with Crippen LogP contribution in [0.5, 0.6) is 0 Å². The van der Waals surface area contributed by atoms with Crippen LogP contribution in [0.2, 0.25) is 0 Å². The van der Waals surface area contributed by atoms with E-state index in [1.807, 2.05) is 0 Å². The highest BCUT2D eigenvalue weighted by molar-refractivity contribution is 5.98. The van der Waals surface area contributed by atoms with E-state index in [9.17, 15) is 14.0 Å². The molecule has 1 aromatic carbocycles. The Hall–Kier alpha value is -1.91. The number of rotatable bonds is 9. The van der Waals surface area contributed by atoms with Crippen LogP contribution in [-0.4, -0.2) is 23.9 Å². The van der Waals surface area contributed by atoms with Gasteiger partial charge in [-0.3, -0.25) is 9.59 Å². The molecule has 0 aliphatic rings. The fraction of sp³-hybridized carbons (Fsp3) is 0.556. The van der Waals surface area contributed by atoms with E-state index in [0.717, 1.165) is 12.8 Å². The number of unbranched alkanes of at least 4 members (excludes halogenated alkanes) is 4. The number of carbonyl (C=O) groups is 2. The van der Waals surface area contributed by atoms with Crippen molar-refractivity contribution >= 4 is 11.8 Å². The van der Waals surface area contributed by atoms with Crippen LogP contribution in [0.1, 0.15) is 63.2 Å². The van der Waals surface area contributed by atoms with E-state index in [4.69, 9.17) is 0 Å². The summed E-state index contributed by atoms with van der Waals surface area (Å²) in [5, 5.41) is 5.53. The average molecular weight is 322 g/mol. The molecule has 0 aliphatic heterocycles. The van der Waals surface area contributed by atoms with E-state index in [1.54, 1.807) is 13.8 Å². The van der Waals surface area contributed by atoms with Gasteiger partial charge in [0.15, 0.2) is 0 Å². The molecule has 2 N–H and O–H groups in total. The molecular weight excluding hydrogens is 295 g/mol. The summed E-state index contributed by atoms with van der Waals surface area (Å²) < 4.78 is 12.9. The Labute approximate surface area is 137 Å². The van der Waals surface area contributed by atoms with Gasteiger partial charge in [-0.2, -0.15) is 0 Å². The fourth-order valence-electron chi connectivity index (χ4n) is 2.17. The lowest BCUT2D eigenvalue weighted by atomic mass is 10.0. The van der Waals surface area contributed by atoms with Gasteiger partial charge in [0.05, 0.1) is 0 Å². The topological polar surface area (TPSA) is 58.2 Å². The predicted octanol–water partition coefficient (Wildman–Crippen LogP) is 3.42. The smallest absolute Gasteiger partial charge is 0.252 e. The normalized spacial score (nSPS) is 11.1. The molecule has 23 heavy (non-hydrogen) atoms. The van der Waals surface area contributed by atoms with Gasteiger partial charge >= 0.3 is 0 Å². The molecule has 0 bridgehead atoms. The monoisotopic (exact) mass is 322 g/mol. The third kappa shape index (κ3) is 6.80. The Balaban J connectivity index is 2.42. The van der Waals surface area contributed by atoms with Gasteiger partial charge in [0.25, 0.3) is 5.91 Å². The zero-order valence-electron chi connectivity index (χ0n) is 14.2. The van der Waals surface area contributed by atoms with Crippen LogP contribution >= 0.6 is 0 Å². The zero-order valence-corrected chi connectivity index (χ0v) is 14.2. The summed E-state index contributed by atoms with van der Waals surface area (Å²) in [7, 11) is 0. The maximum atomic E-state index is 12.9. The fourth-order valence-corrected chi connectivity index (χ4v) is 2.17. The lowest BCUT2D eigenvalue weighted by Crippen LogP contribution is -2.54. The van der Waals surface area contributed by atoms with Gasteiger partial charge in [-0.1, -0.05) is 32.6 Å². The van der Waals surface area contributed by atoms with Gasteiger partial charge in [-0.15, -0.1) is 0 Å². The molecule has 1 aromatic rings. The number of amides is 2. The first-order chi connectivity index (χ1) is 10.9. The van der Waals surface area contributed by atoms with Crippen molar-refractivity contribution in [2.45, 2.75) is 58.4 Å². The summed E-state index contributed by atoms with van der Waals surface area (Å²) in [4.78, 5) is 24.3. The number of hydrogen-bond donors (Lipinski definition) is 2. The molecule has 0 saturated heterocycles. The second-order valence-corrected chi connectivity index (χ2v) is 6.26. The highest BCUT2D eigenvalue weighted by Crippen LogP contribution is 2.08. The minimum atomic E-state index is -1.02. The van der Waals surface area contributed by atoms with Crippen molar-refractivity contribution in [3.63, 3.8) is 0 Å². The molecular formula is C18H27FN2O2. The number of hydrogen-bond acceptors (Lipinski definition) is 2. The molecule has 0 aliphatic carbocycles. The van der Waals surface area contributed by atoms with Crippen LogP contribution in [0.25, 0.3) is 0 Å². The van der Waals surface area contributed by atoms with E-state index in [1.165, 1.54) is 43.5 Å². The van der Waals surface area contributed by atoms with Crippen LogP contribution in [0.15, 0.2) is 24.3 Å². The lowest BCUT2D eigenvalue weighted by Gasteiger charge is -2.25. The maximum absolute atomic E-state index is 12.9. The Morgan fingerprint density at radius 2 is 1.65 bits per heavy atom. The third-order valence-electron chi connectivity index (χ3n) is 3.67. The van der Waals surface area contributed by atoms with Crippen LogP contribution in [0.4, 0.5) is 4.39 Å². The van der Waals surface area contributed by atoms with Crippen molar-refractivity contribution in [3.8, 4) is 0 Å². The molecule has 0 radical (unpaired) electrons. The summed E-state index contributed by atoms with van der Waals surface area (Å²) in [6, 6.07) is 5.23. The third-order valence-corrected chi connectivity index (χ3v) is 3.67. The van der Waals surface area contributed by atoms with E-state index in [0.29, 0.717) is 12.1 Å². The molecule has 1 rings (SSSR count). The largest absolute Gasteiger partial charge is 0.354 e. The van der Waals surface area contributed by atoms with Crippen LogP contribution in [0.3, 0.4) is 0 Å². The van der Waals surface area contributed by atoms with Gasteiger partial charge in [0.1, 0.15) is 11.4 Å². The molecule has 2 amide bonds. The highest BCUT2D eigenvalue weighted by atomic mass is 19.1. The summed E-state index contributed by atoms with van der Waals surface area (Å²) in [6.07, 6.45) is 5.61. The molecule has 0 atom stereocenters.